The number of esters is 1. The van der Waals surface area contributed by atoms with E-state index >= 15 is 0 Å². The number of methoxy groups -OCH3 is 2. The molecule has 3 atom stereocenters. The molecule has 2 aliphatic heterocycles. The Balaban J connectivity index is 2.06. The van der Waals surface area contributed by atoms with Crippen LogP contribution < -0.4 is 9.47 Å². The lowest BCUT2D eigenvalue weighted by molar-refractivity contribution is -0.185. The molecule has 2 fully saturated rings. The van der Waals surface area contributed by atoms with E-state index in [2.05, 4.69) is 33.8 Å². The van der Waals surface area contributed by atoms with Crippen LogP contribution >= 0.6 is 0 Å². The first-order valence-corrected chi connectivity index (χ1v) is 9.78. The molecule has 1 spiro atoms. The summed E-state index contributed by atoms with van der Waals surface area (Å²) in [5.41, 5.74) is 2.82. The molecule has 2 aliphatic carbocycles. The van der Waals surface area contributed by atoms with Gasteiger partial charge in [-0.1, -0.05) is 34.1 Å². The summed E-state index contributed by atoms with van der Waals surface area (Å²) in [6, 6.07) is 2.21. The van der Waals surface area contributed by atoms with E-state index in [1.165, 1.54) is 0 Å². The lowest BCUT2D eigenvalue weighted by Crippen LogP contribution is -2.59. The van der Waals surface area contributed by atoms with Crippen molar-refractivity contribution in [3.63, 3.8) is 0 Å². The standard InChI is InChI=1S/C22H30O4/c1-12(2)13-10-14-15-11-16-21(3,4)8-7-9-22(16,20(23)26-15)17(14)19(25-6)18(13)24-5/h10,12,15-16H,7-9,11H2,1-6H3/t15-,16-,22+/m0/s1. The van der Waals surface area contributed by atoms with Crippen LogP contribution in [0, 0.1) is 11.3 Å². The van der Waals surface area contributed by atoms with Crippen molar-refractivity contribution >= 4 is 5.97 Å². The Morgan fingerprint density at radius 1 is 1.15 bits per heavy atom. The zero-order valence-corrected chi connectivity index (χ0v) is 16.8. The van der Waals surface area contributed by atoms with Crippen molar-refractivity contribution < 1.29 is 19.0 Å². The summed E-state index contributed by atoms with van der Waals surface area (Å²) in [6.45, 7) is 8.92. The molecule has 2 bridgehead atoms. The molecule has 0 radical (unpaired) electrons. The van der Waals surface area contributed by atoms with E-state index in [0.29, 0.717) is 5.92 Å². The summed E-state index contributed by atoms with van der Waals surface area (Å²) in [4.78, 5) is 13.2. The van der Waals surface area contributed by atoms with Crippen LogP contribution in [0.1, 0.15) is 82.1 Å². The van der Waals surface area contributed by atoms with Gasteiger partial charge in [0.25, 0.3) is 0 Å². The van der Waals surface area contributed by atoms with Crippen LogP contribution in [0.15, 0.2) is 6.07 Å². The highest BCUT2D eigenvalue weighted by Gasteiger charge is 2.65. The molecular weight excluding hydrogens is 328 g/mol. The van der Waals surface area contributed by atoms with Crippen molar-refractivity contribution in [3.8, 4) is 11.5 Å². The Morgan fingerprint density at radius 2 is 1.85 bits per heavy atom. The van der Waals surface area contributed by atoms with Gasteiger partial charge in [-0.3, -0.25) is 4.79 Å². The van der Waals surface area contributed by atoms with Gasteiger partial charge in [-0.15, -0.1) is 0 Å². The Hall–Kier alpha value is -1.71. The quantitative estimate of drug-likeness (QED) is 0.722. The maximum atomic E-state index is 13.2. The number of carbonyl (C=O) groups excluding carboxylic acids is 1. The fourth-order valence-electron chi connectivity index (χ4n) is 5.92. The summed E-state index contributed by atoms with van der Waals surface area (Å²) in [7, 11) is 3.38. The van der Waals surface area contributed by atoms with Crippen LogP contribution in [0.2, 0.25) is 0 Å². The molecule has 1 aromatic rings. The maximum Gasteiger partial charge on any atom is 0.317 e. The molecule has 0 N–H and O–H groups in total. The highest BCUT2D eigenvalue weighted by molar-refractivity contribution is 5.90. The van der Waals surface area contributed by atoms with Gasteiger partial charge in [-0.2, -0.15) is 0 Å². The van der Waals surface area contributed by atoms with E-state index in [4.69, 9.17) is 14.2 Å². The van der Waals surface area contributed by atoms with Gasteiger partial charge >= 0.3 is 5.97 Å². The minimum absolute atomic E-state index is 0.0586. The zero-order valence-electron chi connectivity index (χ0n) is 16.8. The van der Waals surface area contributed by atoms with Crippen LogP contribution in [-0.4, -0.2) is 20.2 Å². The first kappa shape index (κ1) is 17.7. The number of hydrogen-bond acceptors (Lipinski definition) is 4. The fourth-order valence-corrected chi connectivity index (χ4v) is 5.92. The minimum atomic E-state index is -0.597. The normalized spacial score (nSPS) is 31.3. The topological polar surface area (TPSA) is 44.8 Å². The predicted molar refractivity (Wildman–Crippen MR) is 99.9 cm³/mol. The van der Waals surface area contributed by atoms with Crippen molar-refractivity contribution in [3.05, 3.63) is 22.8 Å². The third-order valence-electron chi connectivity index (χ3n) is 7.11. The van der Waals surface area contributed by atoms with Gasteiger partial charge in [0.05, 0.1) is 14.2 Å². The van der Waals surface area contributed by atoms with Crippen LogP contribution in [0.25, 0.3) is 0 Å². The average Bonchev–Trinajstić information content (AvgIpc) is 2.59. The third-order valence-corrected chi connectivity index (χ3v) is 7.11. The Bertz CT molecular complexity index is 764. The van der Waals surface area contributed by atoms with E-state index in [-0.39, 0.29) is 23.4 Å². The zero-order chi connectivity index (χ0) is 18.9. The smallest absolute Gasteiger partial charge is 0.317 e. The molecule has 142 valence electrons. The fraction of sp³-hybridized carbons (Fsp3) is 0.682. The molecule has 26 heavy (non-hydrogen) atoms. The SMILES string of the molecule is COc1c(C(C)C)cc2c(c1OC)[C@@]13CCCC(C)(C)[C@@H]1C[C@@H]2OC3=O. The maximum absolute atomic E-state index is 13.2. The second kappa shape index (κ2) is 5.64. The van der Waals surface area contributed by atoms with E-state index in [0.717, 1.165) is 53.9 Å². The van der Waals surface area contributed by atoms with Gasteiger partial charge in [0.2, 0.25) is 0 Å². The van der Waals surface area contributed by atoms with Crippen molar-refractivity contribution in [1.82, 2.24) is 0 Å². The second-order valence-electron chi connectivity index (χ2n) is 9.15. The van der Waals surface area contributed by atoms with E-state index < -0.39 is 5.41 Å². The third kappa shape index (κ3) is 2.04. The summed E-state index contributed by atoms with van der Waals surface area (Å²) < 4.78 is 17.6. The molecule has 0 aromatic heterocycles. The first-order chi connectivity index (χ1) is 12.3. The lowest BCUT2D eigenvalue weighted by Gasteiger charge is -2.59. The molecule has 2 heterocycles. The summed E-state index contributed by atoms with van der Waals surface area (Å²) in [5, 5.41) is 0. The molecule has 5 rings (SSSR count). The number of hydrogen-bond donors (Lipinski definition) is 0. The minimum Gasteiger partial charge on any atom is -0.493 e. The van der Waals surface area contributed by atoms with E-state index in [1.54, 1.807) is 14.2 Å². The molecule has 1 saturated carbocycles. The molecule has 1 saturated heterocycles. The van der Waals surface area contributed by atoms with E-state index in [1.807, 2.05) is 0 Å². The summed E-state index contributed by atoms with van der Waals surface area (Å²) in [5.74, 6) is 2.05. The molecule has 4 heteroatoms. The van der Waals surface area contributed by atoms with Gasteiger partial charge in [-0.05, 0) is 42.6 Å². The van der Waals surface area contributed by atoms with Gasteiger partial charge in [0.1, 0.15) is 11.5 Å². The molecule has 4 nitrogen and oxygen atoms in total. The second-order valence-corrected chi connectivity index (χ2v) is 9.15. The van der Waals surface area contributed by atoms with Gasteiger partial charge < -0.3 is 14.2 Å². The van der Waals surface area contributed by atoms with Crippen LogP contribution in [0.5, 0.6) is 11.5 Å². The van der Waals surface area contributed by atoms with Gasteiger partial charge in [0, 0.05) is 16.7 Å². The number of benzene rings is 1. The molecule has 4 aliphatic rings. The van der Waals surface area contributed by atoms with Crippen molar-refractivity contribution in [2.75, 3.05) is 14.2 Å². The predicted octanol–water partition coefficient (Wildman–Crippen LogP) is 4.89. The summed E-state index contributed by atoms with van der Waals surface area (Å²) >= 11 is 0. The molecule has 1 aromatic carbocycles. The Kier molecular flexibility index (Phi) is 3.84. The average molecular weight is 358 g/mol. The van der Waals surface area contributed by atoms with Crippen molar-refractivity contribution in [1.29, 1.82) is 0 Å². The van der Waals surface area contributed by atoms with Crippen LogP contribution in [0.4, 0.5) is 0 Å². The van der Waals surface area contributed by atoms with Gasteiger partial charge in [-0.25, -0.2) is 0 Å². The lowest BCUT2D eigenvalue weighted by atomic mass is 9.47. The van der Waals surface area contributed by atoms with Crippen molar-refractivity contribution in [2.24, 2.45) is 11.3 Å². The molecule has 0 unspecified atom stereocenters. The molecule has 0 amide bonds. The highest BCUT2D eigenvalue weighted by Crippen LogP contribution is 2.66. The number of ether oxygens (including phenoxy) is 3. The highest BCUT2D eigenvalue weighted by atomic mass is 16.6. The number of fused-ring (bicyclic) bond motifs is 1. The van der Waals surface area contributed by atoms with Crippen LogP contribution in [-0.2, 0) is 14.9 Å². The Labute approximate surface area is 156 Å². The number of carbonyl (C=O) groups is 1. The van der Waals surface area contributed by atoms with Crippen LogP contribution in [0.3, 0.4) is 0 Å². The number of rotatable bonds is 3. The molecular formula is C22H30O4. The summed E-state index contributed by atoms with van der Waals surface area (Å²) in [6.07, 6.45) is 3.76. The van der Waals surface area contributed by atoms with E-state index in [9.17, 15) is 4.79 Å². The Morgan fingerprint density at radius 3 is 2.46 bits per heavy atom. The monoisotopic (exact) mass is 358 g/mol. The van der Waals surface area contributed by atoms with Crippen molar-refractivity contribution in [2.45, 2.75) is 70.8 Å². The largest absolute Gasteiger partial charge is 0.493 e. The van der Waals surface area contributed by atoms with Gasteiger partial charge in [0.15, 0.2) is 11.5 Å². The first-order valence-electron chi connectivity index (χ1n) is 9.78.